The van der Waals surface area contributed by atoms with E-state index in [1.165, 1.54) is 37.2 Å². The molecule has 0 bridgehead atoms. The van der Waals surface area contributed by atoms with Crippen LogP contribution >= 0.6 is 0 Å². The number of rotatable bonds is 8. The Labute approximate surface area is 201 Å². The number of aromatic nitrogens is 7. The first-order chi connectivity index (χ1) is 16.6. The number of ether oxygens (including phenoxy) is 1. The molecule has 0 aliphatic rings. The Morgan fingerprint density at radius 3 is 2.34 bits per heavy atom. The van der Waals surface area contributed by atoms with Crippen LogP contribution in [0.1, 0.15) is 25.8 Å². The molecule has 4 aromatic rings. The van der Waals surface area contributed by atoms with Crippen LogP contribution in [0.3, 0.4) is 0 Å². The standard InChI is InChI=1S/C21H22F2N8O3S.H2/c1-12-10-24-19(25-11-12)18(34-4)13(2)35(32,33)29-21-27-26-20(16-8-9-30(3)28-16)31(21)17-14(22)6-5-7-15(17)23;/h5-11,13,18H,1-4H3,(H,27,29);1H/t13-,18-;/m0./s1. The van der Waals surface area contributed by atoms with Gasteiger partial charge >= 0.3 is 0 Å². The summed E-state index contributed by atoms with van der Waals surface area (Å²) in [5.41, 5.74) is 0.456. The third-order valence-electron chi connectivity index (χ3n) is 5.23. The van der Waals surface area contributed by atoms with Crippen LogP contribution < -0.4 is 4.72 Å². The molecule has 2 atom stereocenters. The maximum Gasteiger partial charge on any atom is 0.243 e. The molecular formula is C21H24F2N8O3S. The molecule has 0 unspecified atom stereocenters. The van der Waals surface area contributed by atoms with Crippen LogP contribution in [0.25, 0.3) is 17.2 Å². The van der Waals surface area contributed by atoms with E-state index in [0.717, 1.165) is 22.3 Å². The molecule has 0 saturated heterocycles. The van der Waals surface area contributed by atoms with Gasteiger partial charge in [-0.2, -0.15) is 5.10 Å². The maximum atomic E-state index is 14.8. The lowest BCUT2D eigenvalue weighted by atomic mass is 10.2. The molecule has 0 saturated carbocycles. The van der Waals surface area contributed by atoms with Crippen molar-refractivity contribution in [2.75, 3.05) is 11.8 Å². The zero-order valence-corrected chi connectivity index (χ0v) is 20.0. The van der Waals surface area contributed by atoms with Gasteiger partial charge in [0, 0.05) is 34.2 Å². The predicted molar refractivity (Wildman–Crippen MR) is 124 cm³/mol. The number of benzene rings is 1. The first kappa shape index (κ1) is 24.3. The Morgan fingerprint density at radius 2 is 1.77 bits per heavy atom. The van der Waals surface area contributed by atoms with Crippen molar-refractivity contribution in [3.05, 3.63) is 65.9 Å². The Hall–Kier alpha value is -3.78. The van der Waals surface area contributed by atoms with E-state index in [1.807, 2.05) is 0 Å². The summed E-state index contributed by atoms with van der Waals surface area (Å²) in [6, 6.07) is 4.82. The van der Waals surface area contributed by atoms with Crippen molar-refractivity contribution in [2.45, 2.75) is 25.2 Å². The van der Waals surface area contributed by atoms with Crippen LogP contribution in [0.4, 0.5) is 14.7 Å². The van der Waals surface area contributed by atoms with E-state index in [-0.39, 0.29) is 18.8 Å². The minimum atomic E-state index is -4.25. The normalized spacial score (nSPS) is 13.5. The van der Waals surface area contributed by atoms with E-state index in [9.17, 15) is 17.2 Å². The van der Waals surface area contributed by atoms with Crippen molar-refractivity contribution in [3.63, 3.8) is 0 Å². The van der Waals surface area contributed by atoms with E-state index in [2.05, 4.69) is 30.0 Å². The van der Waals surface area contributed by atoms with Crippen molar-refractivity contribution in [1.82, 2.24) is 34.5 Å². The molecule has 186 valence electrons. The summed E-state index contributed by atoms with van der Waals surface area (Å²) in [4.78, 5) is 8.31. The van der Waals surface area contributed by atoms with Crippen LogP contribution in [-0.4, -0.2) is 55.3 Å². The molecule has 0 radical (unpaired) electrons. The number of halogens is 2. The van der Waals surface area contributed by atoms with Gasteiger partial charge in [-0.15, -0.1) is 10.2 Å². The fourth-order valence-corrected chi connectivity index (χ4v) is 4.54. The van der Waals surface area contributed by atoms with Crippen molar-refractivity contribution in [3.8, 4) is 17.2 Å². The zero-order chi connectivity index (χ0) is 25.3. The largest absolute Gasteiger partial charge is 0.372 e. The van der Waals surface area contributed by atoms with Gasteiger partial charge in [0.05, 0.1) is 0 Å². The van der Waals surface area contributed by atoms with E-state index in [1.54, 1.807) is 26.2 Å². The summed E-state index contributed by atoms with van der Waals surface area (Å²) >= 11 is 0. The van der Waals surface area contributed by atoms with Crippen LogP contribution in [0.5, 0.6) is 0 Å². The van der Waals surface area contributed by atoms with Crippen molar-refractivity contribution in [1.29, 1.82) is 0 Å². The molecule has 0 aliphatic carbocycles. The maximum absolute atomic E-state index is 14.8. The highest BCUT2D eigenvalue weighted by Gasteiger charge is 2.35. The topological polar surface area (TPSA) is 130 Å². The number of methoxy groups -OCH3 is 1. The van der Waals surface area contributed by atoms with Crippen molar-refractivity contribution < 1.29 is 23.4 Å². The molecule has 1 aromatic carbocycles. The second kappa shape index (κ2) is 9.46. The summed E-state index contributed by atoms with van der Waals surface area (Å²) in [6.45, 7) is 3.19. The lowest BCUT2D eigenvalue weighted by molar-refractivity contribution is 0.0949. The molecule has 0 fully saturated rings. The number of hydrogen-bond donors (Lipinski definition) is 1. The first-order valence-electron chi connectivity index (χ1n) is 10.3. The molecule has 4 rings (SSSR count). The number of para-hydroxylation sites is 1. The highest BCUT2D eigenvalue weighted by Crippen LogP contribution is 2.30. The molecule has 3 aromatic heterocycles. The quantitative estimate of drug-likeness (QED) is 0.386. The molecule has 14 heteroatoms. The summed E-state index contributed by atoms with van der Waals surface area (Å²) in [5.74, 6) is -2.23. The molecule has 0 aliphatic heterocycles. The number of nitrogens with zero attached hydrogens (tertiary/aromatic N) is 7. The van der Waals surface area contributed by atoms with Gasteiger partial charge in [-0.05, 0) is 37.6 Å². The minimum Gasteiger partial charge on any atom is -0.372 e. The summed E-state index contributed by atoms with van der Waals surface area (Å²) < 4.78 is 66.2. The first-order valence-corrected chi connectivity index (χ1v) is 11.9. The monoisotopic (exact) mass is 506 g/mol. The molecule has 0 amide bonds. The highest BCUT2D eigenvalue weighted by atomic mass is 32.2. The van der Waals surface area contributed by atoms with E-state index in [0.29, 0.717) is 0 Å². The van der Waals surface area contributed by atoms with Gasteiger partial charge in [-0.25, -0.2) is 27.2 Å². The van der Waals surface area contributed by atoms with Gasteiger partial charge in [-0.1, -0.05) is 6.07 Å². The van der Waals surface area contributed by atoms with Crippen LogP contribution in [0, 0.1) is 18.6 Å². The second-order valence-corrected chi connectivity index (χ2v) is 9.79. The van der Waals surface area contributed by atoms with Gasteiger partial charge in [0.1, 0.15) is 34.4 Å². The van der Waals surface area contributed by atoms with Gasteiger partial charge in [-0.3, -0.25) is 14.0 Å². The molecule has 1 N–H and O–H groups in total. The third kappa shape index (κ3) is 4.74. The smallest absolute Gasteiger partial charge is 0.243 e. The van der Waals surface area contributed by atoms with Gasteiger partial charge in [0.15, 0.2) is 11.6 Å². The summed E-state index contributed by atoms with van der Waals surface area (Å²) in [6.07, 6.45) is 3.64. The number of nitrogens with one attached hydrogen (secondary N) is 1. The second-order valence-electron chi connectivity index (χ2n) is 7.75. The summed E-state index contributed by atoms with van der Waals surface area (Å²) in [5, 5.41) is 10.8. The van der Waals surface area contributed by atoms with Crippen LogP contribution in [-0.2, 0) is 21.8 Å². The number of anilines is 1. The van der Waals surface area contributed by atoms with E-state index in [4.69, 9.17) is 4.74 Å². The summed E-state index contributed by atoms with van der Waals surface area (Å²) in [7, 11) is -1.27. The fourth-order valence-electron chi connectivity index (χ4n) is 3.40. The molecule has 11 nitrogen and oxygen atoms in total. The highest BCUT2D eigenvalue weighted by molar-refractivity contribution is 7.93. The molecular weight excluding hydrogens is 482 g/mol. The fraction of sp³-hybridized carbons (Fsp3) is 0.286. The average molecular weight is 507 g/mol. The minimum absolute atomic E-state index is 0. The number of sulfonamides is 1. The van der Waals surface area contributed by atoms with Crippen LogP contribution in [0.15, 0.2) is 42.9 Å². The lowest BCUT2D eigenvalue weighted by Crippen LogP contribution is -2.33. The van der Waals surface area contributed by atoms with E-state index < -0.39 is 44.6 Å². The zero-order valence-electron chi connectivity index (χ0n) is 19.2. The Morgan fingerprint density at radius 1 is 1.11 bits per heavy atom. The molecule has 35 heavy (non-hydrogen) atoms. The van der Waals surface area contributed by atoms with Crippen molar-refractivity contribution in [2.24, 2.45) is 7.05 Å². The predicted octanol–water partition coefficient (Wildman–Crippen LogP) is 2.81. The van der Waals surface area contributed by atoms with E-state index >= 15 is 0 Å². The Bertz CT molecular complexity index is 1440. The number of aryl methyl sites for hydroxylation is 2. The average Bonchev–Trinajstić information content (AvgIpc) is 3.41. The Kier molecular flexibility index (Phi) is 6.58. The Balaban J connectivity index is 0.00000361. The third-order valence-corrected chi connectivity index (χ3v) is 6.92. The van der Waals surface area contributed by atoms with Gasteiger partial charge in [0.25, 0.3) is 0 Å². The lowest BCUT2D eigenvalue weighted by Gasteiger charge is -2.22. The SMILES string of the molecule is CO[C@H](c1ncc(C)cn1)[C@H](C)S(=O)(=O)Nc1nnc(-c2ccn(C)n2)n1-c1c(F)cccc1F.[HH]. The number of hydrogen-bond acceptors (Lipinski definition) is 8. The molecule has 3 heterocycles. The van der Waals surface area contributed by atoms with Crippen LogP contribution in [0.2, 0.25) is 0 Å². The molecule has 0 spiro atoms. The van der Waals surface area contributed by atoms with Crippen molar-refractivity contribution >= 4 is 16.0 Å². The van der Waals surface area contributed by atoms with Gasteiger partial charge < -0.3 is 4.74 Å². The van der Waals surface area contributed by atoms with Gasteiger partial charge in [0.2, 0.25) is 16.0 Å².